The summed E-state index contributed by atoms with van der Waals surface area (Å²) in [5, 5.41) is 5.42. The molecule has 0 spiro atoms. The average molecular weight is 616 g/mol. The van der Waals surface area contributed by atoms with Crippen LogP contribution in [-0.2, 0) is 24.4 Å². The molecule has 234 valence electrons. The number of rotatable bonds is 6. The number of piperidine rings is 1. The highest BCUT2D eigenvalue weighted by atomic mass is 32.2. The number of amides is 3. The van der Waals surface area contributed by atoms with Crippen LogP contribution in [0.25, 0.3) is 0 Å². The average Bonchev–Trinajstić information content (AvgIpc) is 3.91. The van der Waals surface area contributed by atoms with Crippen LogP contribution in [0.1, 0.15) is 83.5 Å². The summed E-state index contributed by atoms with van der Waals surface area (Å²) >= 11 is 0. The molecule has 0 aromatic heterocycles. The van der Waals surface area contributed by atoms with Crippen LogP contribution in [0.4, 0.5) is 11.4 Å². The number of nitrogens with one attached hydrogen (secondary N) is 3. The molecule has 3 heterocycles. The summed E-state index contributed by atoms with van der Waals surface area (Å²) in [6.07, 6.45) is 12.7. The number of hydrogen-bond acceptors (Lipinski definition) is 9. The maximum absolute atomic E-state index is 14.0. The fraction of sp³-hybridized carbons (Fsp3) is 0.700. The largest absolute Gasteiger partial charge is 0.369 e. The van der Waals surface area contributed by atoms with Crippen LogP contribution < -0.4 is 31.1 Å². The van der Waals surface area contributed by atoms with Gasteiger partial charge in [0.15, 0.2) is 0 Å². The van der Waals surface area contributed by atoms with E-state index >= 15 is 0 Å². The highest BCUT2D eigenvalue weighted by Crippen LogP contribution is 2.46. The fourth-order valence-electron chi connectivity index (χ4n) is 6.88. The molecule has 3 N–H and O–H groups in total. The van der Waals surface area contributed by atoms with Gasteiger partial charge in [-0.1, -0.05) is 25.0 Å². The molecule has 0 bridgehead atoms. The number of nitrogens with zero attached hydrogens (tertiary/aromatic N) is 2. The molecule has 0 radical (unpaired) electrons. The summed E-state index contributed by atoms with van der Waals surface area (Å²) in [4.78, 5) is 69.7. The molecular formula is C30H41N5O7S. The number of hydrogen-bond donors (Lipinski definition) is 3. The molecule has 6 rings (SSSR count). The topological polar surface area (TPSA) is 162 Å². The zero-order valence-electron chi connectivity index (χ0n) is 24.4. The number of fused-ring (bicyclic) bond motifs is 2. The van der Waals surface area contributed by atoms with E-state index in [1.54, 1.807) is 0 Å². The molecule has 13 heteroatoms. The number of anilines is 2. The minimum absolute atomic E-state index is 0.194. The van der Waals surface area contributed by atoms with Crippen LogP contribution in [0.2, 0.25) is 0 Å². The van der Waals surface area contributed by atoms with E-state index < -0.39 is 55.6 Å². The second kappa shape index (κ2) is 11.7. The van der Waals surface area contributed by atoms with Gasteiger partial charge in [0.05, 0.1) is 5.25 Å². The van der Waals surface area contributed by atoms with Crippen molar-refractivity contribution in [1.29, 1.82) is 0 Å². The van der Waals surface area contributed by atoms with E-state index in [2.05, 4.69) is 15.4 Å². The lowest BCUT2D eigenvalue weighted by atomic mass is 10.0. The monoisotopic (exact) mass is 615 g/mol. The molecule has 4 fully saturated rings. The van der Waals surface area contributed by atoms with E-state index in [1.165, 1.54) is 4.90 Å². The third-order valence-electron chi connectivity index (χ3n) is 9.71. The summed E-state index contributed by atoms with van der Waals surface area (Å²) in [6.45, 7) is 1.73. The molecule has 3 aliphatic heterocycles. The minimum Gasteiger partial charge on any atom is -0.369 e. The van der Waals surface area contributed by atoms with Gasteiger partial charge in [0, 0.05) is 25.6 Å². The molecule has 4 atom stereocenters. The van der Waals surface area contributed by atoms with Gasteiger partial charge >= 0.3 is 0 Å². The second-order valence-corrected chi connectivity index (χ2v) is 14.8. The Bertz CT molecular complexity index is 1490. The van der Waals surface area contributed by atoms with Crippen molar-refractivity contribution >= 4 is 39.1 Å². The summed E-state index contributed by atoms with van der Waals surface area (Å²) in [5.74, 6) is -1.87. The molecule has 12 nitrogen and oxygen atoms in total. The van der Waals surface area contributed by atoms with Crippen molar-refractivity contribution in [2.75, 3.05) is 29.9 Å². The van der Waals surface area contributed by atoms with Gasteiger partial charge in [0.25, 0.3) is 16.8 Å². The van der Waals surface area contributed by atoms with Gasteiger partial charge in [-0.15, -0.1) is 0 Å². The van der Waals surface area contributed by atoms with Gasteiger partial charge in [-0.2, -0.15) is 0 Å². The smallest absolute Gasteiger partial charge is 0.259 e. The van der Waals surface area contributed by atoms with Gasteiger partial charge in [-0.05, 0) is 70.6 Å². The summed E-state index contributed by atoms with van der Waals surface area (Å²) in [7, 11) is -3.80. The first-order chi connectivity index (χ1) is 20.6. The zero-order valence-corrected chi connectivity index (χ0v) is 25.3. The van der Waals surface area contributed by atoms with E-state index in [9.17, 15) is 32.4 Å². The van der Waals surface area contributed by atoms with Gasteiger partial charge in [0.2, 0.25) is 21.8 Å². The van der Waals surface area contributed by atoms with Crippen molar-refractivity contribution < 1.29 is 22.8 Å². The first-order valence-corrected chi connectivity index (χ1v) is 17.4. The number of carbonyl (C=O) groups is 3. The Morgan fingerprint density at radius 2 is 1.63 bits per heavy atom. The van der Waals surface area contributed by atoms with Crippen LogP contribution in [-0.4, -0.2) is 73.5 Å². The third kappa shape index (κ3) is 5.84. The van der Waals surface area contributed by atoms with Crippen molar-refractivity contribution in [2.45, 2.75) is 106 Å². The Morgan fingerprint density at radius 1 is 0.884 bits per heavy atom. The zero-order chi connectivity index (χ0) is 30.4. The quantitative estimate of drug-likeness (QED) is 0.314. The van der Waals surface area contributed by atoms with Crippen molar-refractivity contribution in [3.8, 4) is 0 Å². The predicted octanol–water partition coefficient (Wildman–Crippen LogP) is 1.05. The molecule has 1 aromatic carbocycles. The Morgan fingerprint density at radius 3 is 2.37 bits per heavy atom. The van der Waals surface area contributed by atoms with E-state index in [0.717, 1.165) is 38.5 Å². The summed E-state index contributed by atoms with van der Waals surface area (Å²) < 4.78 is 27.3. The van der Waals surface area contributed by atoms with E-state index in [4.69, 9.17) is 0 Å². The highest BCUT2D eigenvalue weighted by Gasteiger charge is 2.61. The van der Waals surface area contributed by atoms with Crippen molar-refractivity contribution in [3.63, 3.8) is 0 Å². The molecule has 1 aromatic rings. The Labute approximate surface area is 251 Å². The normalized spacial score (nSPS) is 31.3. The molecule has 0 unspecified atom stereocenters. The van der Waals surface area contributed by atoms with Crippen LogP contribution >= 0.6 is 0 Å². The van der Waals surface area contributed by atoms with Crippen molar-refractivity contribution in [3.05, 3.63) is 32.6 Å². The maximum Gasteiger partial charge on any atom is 0.259 e. The molecular weight excluding hydrogens is 574 g/mol. The fourth-order valence-corrected chi connectivity index (χ4v) is 8.25. The Hall–Kier alpha value is -3.22. The molecule has 5 aliphatic rings. The Kier molecular flexibility index (Phi) is 8.12. The predicted molar refractivity (Wildman–Crippen MR) is 161 cm³/mol. The first kappa shape index (κ1) is 29.8. The lowest BCUT2D eigenvalue weighted by Crippen LogP contribution is -2.58. The molecule has 2 saturated carbocycles. The van der Waals surface area contributed by atoms with Crippen LogP contribution in [0, 0.1) is 5.92 Å². The number of allylic oxidation sites excluding steroid dienone is 1. The van der Waals surface area contributed by atoms with Gasteiger partial charge in [0.1, 0.15) is 29.0 Å². The lowest BCUT2D eigenvalue weighted by molar-refractivity contribution is -0.140. The molecule has 3 amide bonds. The molecule has 43 heavy (non-hydrogen) atoms. The van der Waals surface area contributed by atoms with Crippen LogP contribution in [0.3, 0.4) is 0 Å². The molecule has 2 saturated heterocycles. The second-order valence-electron chi connectivity index (χ2n) is 12.8. The Balaban J connectivity index is 1.23. The number of sulfonamides is 1. The standard InChI is InChI=1S/C30H41N5O7S/c36-25-23(24(26(25)37)34-15-7-4-8-16-34)31-21-11-6-3-1-2-5-10-19-18-30(19,29(40)33-43(41,42)20-13-14-20)32-27(38)22-12-9-17-35(22)28(21)39/h5,10,19-22,31H,1-4,6-9,11-18H2,(H,32,38)(H,33,40)/b10-5-/t19-,21+,22+,30-/m1/s1. The highest BCUT2D eigenvalue weighted by molar-refractivity contribution is 7.91. The van der Waals surface area contributed by atoms with E-state index in [0.29, 0.717) is 63.8 Å². The van der Waals surface area contributed by atoms with Gasteiger partial charge < -0.3 is 20.4 Å². The van der Waals surface area contributed by atoms with Crippen molar-refractivity contribution in [2.24, 2.45) is 5.92 Å². The first-order valence-electron chi connectivity index (χ1n) is 15.8. The molecule has 2 aliphatic carbocycles. The van der Waals surface area contributed by atoms with Gasteiger partial charge in [-0.3, -0.25) is 28.7 Å². The number of carbonyl (C=O) groups excluding carboxylic acids is 3. The third-order valence-corrected chi connectivity index (χ3v) is 11.5. The minimum atomic E-state index is -3.80. The van der Waals surface area contributed by atoms with Gasteiger partial charge in [-0.25, -0.2) is 8.42 Å². The summed E-state index contributed by atoms with van der Waals surface area (Å²) in [6, 6.07) is -1.61. The lowest BCUT2D eigenvalue weighted by Gasteiger charge is -2.33. The van der Waals surface area contributed by atoms with Crippen molar-refractivity contribution in [1.82, 2.24) is 14.9 Å². The van der Waals surface area contributed by atoms with Crippen LogP contribution in [0.15, 0.2) is 21.7 Å². The SMILES string of the molecule is O=C1N[C@]2(C(=O)NS(=O)(=O)C3CC3)C[C@H]2/C=C\CCCCC[C@H](Nc2c(N3CCCCC3)c(=O)c2=O)C(=O)N2CCC[C@@H]12. The van der Waals surface area contributed by atoms with E-state index in [-0.39, 0.29) is 23.9 Å². The maximum atomic E-state index is 14.0. The van der Waals surface area contributed by atoms with E-state index in [1.807, 2.05) is 17.1 Å². The summed E-state index contributed by atoms with van der Waals surface area (Å²) in [5.41, 5.74) is -1.95. The van der Waals surface area contributed by atoms with Crippen LogP contribution in [0.5, 0.6) is 0 Å².